The van der Waals surface area contributed by atoms with Crippen LogP contribution >= 0.6 is 0 Å². The van der Waals surface area contributed by atoms with Gasteiger partial charge in [-0.05, 0) is 52.7 Å². The molecule has 0 aromatic carbocycles. The van der Waals surface area contributed by atoms with Crippen LogP contribution < -0.4 is 5.32 Å². The standard InChI is InChI=1S/C15H29N3O2/c1-3-20-14(19)15(6-4-10-17(2)12-7-15)18-11-5-8-16-9-13-18/h16H,3-13H2,1-2H3. The second-order valence-electron chi connectivity index (χ2n) is 6.00. The molecule has 0 aromatic heterocycles. The molecule has 116 valence electrons. The number of nitrogens with zero attached hydrogens (tertiary/aromatic N) is 2. The Kier molecular flexibility index (Phi) is 5.81. The van der Waals surface area contributed by atoms with Crippen LogP contribution in [0, 0.1) is 0 Å². The van der Waals surface area contributed by atoms with Crippen molar-refractivity contribution in [3.63, 3.8) is 0 Å². The van der Waals surface area contributed by atoms with Crippen molar-refractivity contribution in [3.8, 4) is 0 Å². The number of hydrogen-bond donors (Lipinski definition) is 1. The molecule has 0 aliphatic carbocycles. The first-order valence-corrected chi connectivity index (χ1v) is 8.00. The number of hydrogen-bond acceptors (Lipinski definition) is 5. The Morgan fingerprint density at radius 3 is 2.80 bits per heavy atom. The molecule has 0 amide bonds. The van der Waals surface area contributed by atoms with Gasteiger partial charge in [0, 0.05) is 26.2 Å². The van der Waals surface area contributed by atoms with E-state index in [2.05, 4.69) is 22.2 Å². The van der Waals surface area contributed by atoms with Gasteiger partial charge in [-0.1, -0.05) is 0 Å². The van der Waals surface area contributed by atoms with Crippen LogP contribution in [0.25, 0.3) is 0 Å². The van der Waals surface area contributed by atoms with Crippen LogP contribution in [0.2, 0.25) is 0 Å². The van der Waals surface area contributed by atoms with Crippen LogP contribution in [0.4, 0.5) is 0 Å². The van der Waals surface area contributed by atoms with Gasteiger partial charge in [-0.25, -0.2) is 0 Å². The van der Waals surface area contributed by atoms with Gasteiger partial charge in [0.1, 0.15) is 5.54 Å². The Hall–Kier alpha value is -0.650. The average Bonchev–Trinajstić information content (AvgIpc) is 2.80. The molecule has 0 aromatic rings. The highest BCUT2D eigenvalue weighted by molar-refractivity contribution is 5.81. The van der Waals surface area contributed by atoms with Gasteiger partial charge < -0.3 is 15.0 Å². The smallest absolute Gasteiger partial charge is 0.326 e. The van der Waals surface area contributed by atoms with Crippen molar-refractivity contribution in [2.45, 2.75) is 38.1 Å². The third-order valence-electron chi connectivity index (χ3n) is 4.64. The molecule has 5 heteroatoms. The average molecular weight is 283 g/mol. The van der Waals surface area contributed by atoms with Crippen LogP contribution in [0.15, 0.2) is 0 Å². The van der Waals surface area contributed by atoms with Crippen molar-refractivity contribution in [1.29, 1.82) is 0 Å². The van der Waals surface area contributed by atoms with E-state index in [9.17, 15) is 4.79 Å². The lowest BCUT2D eigenvalue weighted by molar-refractivity contribution is -0.159. The highest BCUT2D eigenvalue weighted by atomic mass is 16.5. The molecule has 0 spiro atoms. The largest absolute Gasteiger partial charge is 0.465 e. The number of carbonyl (C=O) groups excluding carboxylic acids is 1. The molecular formula is C15H29N3O2. The fourth-order valence-corrected chi connectivity index (χ4v) is 3.44. The van der Waals surface area contributed by atoms with Crippen LogP contribution in [0.3, 0.4) is 0 Å². The molecule has 5 nitrogen and oxygen atoms in total. The van der Waals surface area contributed by atoms with E-state index in [1.165, 1.54) is 0 Å². The summed E-state index contributed by atoms with van der Waals surface area (Å²) < 4.78 is 5.45. The first-order valence-electron chi connectivity index (χ1n) is 8.00. The summed E-state index contributed by atoms with van der Waals surface area (Å²) in [5.41, 5.74) is -0.396. The first-order chi connectivity index (χ1) is 9.69. The maximum atomic E-state index is 12.7. The Balaban J connectivity index is 2.19. The van der Waals surface area contributed by atoms with Gasteiger partial charge in [0.2, 0.25) is 0 Å². The van der Waals surface area contributed by atoms with E-state index >= 15 is 0 Å². The highest BCUT2D eigenvalue weighted by Crippen LogP contribution is 2.31. The molecular weight excluding hydrogens is 254 g/mol. The van der Waals surface area contributed by atoms with Crippen LogP contribution in [0.1, 0.15) is 32.6 Å². The van der Waals surface area contributed by atoms with E-state index in [0.717, 1.165) is 65.0 Å². The van der Waals surface area contributed by atoms with Crippen LogP contribution in [-0.4, -0.2) is 74.2 Å². The second kappa shape index (κ2) is 7.38. The molecule has 2 saturated heterocycles. The summed E-state index contributed by atoms with van der Waals surface area (Å²) in [6.07, 6.45) is 3.99. The monoisotopic (exact) mass is 283 g/mol. The molecule has 2 rings (SSSR count). The molecule has 1 atom stereocenters. The van der Waals surface area contributed by atoms with E-state index < -0.39 is 5.54 Å². The fraction of sp³-hybridized carbons (Fsp3) is 0.933. The molecule has 2 aliphatic heterocycles. The Bertz CT molecular complexity index is 316. The van der Waals surface area contributed by atoms with Gasteiger partial charge in [0.15, 0.2) is 0 Å². The summed E-state index contributed by atoms with van der Waals surface area (Å²) in [7, 11) is 2.14. The molecule has 0 saturated carbocycles. The minimum Gasteiger partial charge on any atom is -0.465 e. The molecule has 1 unspecified atom stereocenters. The number of nitrogens with one attached hydrogen (secondary N) is 1. The molecule has 20 heavy (non-hydrogen) atoms. The summed E-state index contributed by atoms with van der Waals surface area (Å²) >= 11 is 0. The van der Waals surface area contributed by atoms with Gasteiger partial charge in [-0.15, -0.1) is 0 Å². The summed E-state index contributed by atoms with van der Waals surface area (Å²) in [5, 5.41) is 3.42. The van der Waals surface area contributed by atoms with Crippen molar-refractivity contribution >= 4 is 5.97 Å². The zero-order chi connectivity index (χ0) is 14.4. The first kappa shape index (κ1) is 15.7. The van der Waals surface area contributed by atoms with Gasteiger partial charge in [0.25, 0.3) is 0 Å². The lowest BCUT2D eigenvalue weighted by Crippen LogP contribution is -2.56. The normalized spacial score (nSPS) is 30.5. The topological polar surface area (TPSA) is 44.8 Å². The molecule has 2 fully saturated rings. The number of likely N-dealkylation sites (tertiary alicyclic amines) is 1. The van der Waals surface area contributed by atoms with Crippen molar-refractivity contribution in [2.24, 2.45) is 0 Å². The molecule has 1 N–H and O–H groups in total. The quantitative estimate of drug-likeness (QED) is 0.773. The number of esters is 1. The van der Waals surface area contributed by atoms with Gasteiger partial charge in [-0.3, -0.25) is 9.69 Å². The Labute approximate surface area is 122 Å². The summed E-state index contributed by atoms with van der Waals surface area (Å²) in [4.78, 5) is 17.4. The summed E-state index contributed by atoms with van der Waals surface area (Å²) in [5.74, 6) is -0.00259. The maximum Gasteiger partial charge on any atom is 0.326 e. The molecule has 0 bridgehead atoms. The van der Waals surface area contributed by atoms with E-state index in [0.29, 0.717) is 6.61 Å². The predicted molar refractivity (Wildman–Crippen MR) is 79.8 cm³/mol. The zero-order valence-corrected chi connectivity index (χ0v) is 13.0. The van der Waals surface area contributed by atoms with Crippen molar-refractivity contribution < 1.29 is 9.53 Å². The van der Waals surface area contributed by atoms with Crippen molar-refractivity contribution in [1.82, 2.24) is 15.1 Å². The Morgan fingerprint density at radius 1 is 1.15 bits per heavy atom. The minimum absolute atomic E-state index is 0.00259. The molecule has 2 heterocycles. The molecule has 2 aliphatic rings. The maximum absolute atomic E-state index is 12.7. The second-order valence-corrected chi connectivity index (χ2v) is 6.00. The van der Waals surface area contributed by atoms with Crippen LogP contribution in [0.5, 0.6) is 0 Å². The third-order valence-corrected chi connectivity index (χ3v) is 4.64. The van der Waals surface area contributed by atoms with Gasteiger partial charge >= 0.3 is 5.97 Å². The number of ether oxygens (including phenoxy) is 1. The van der Waals surface area contributed by atoms with Gasteiger partial charge in [0.05, 0.1) is 6.61 Å². The Morgan fingerprint density at radius 2 is 2.00 bits per heavy atom. The fourth-order valence-electron chi connectivity index (χ4n) is 3.44. The van der Waals surface area contributed by atoms with E-state index in [1.54, 1.807) is 0 Å². The summed E-state index contributed by atoms with van der Waals surface area (Å²) in [6, 6.07) is 0. The van der Waals surface area contributed by atoms with Gasteiger partial charge in [-0.2, -0.15) is 0 Å². The highest BCUT2D eigenvalue weighted by Gasteiger charge is 2.45. The SMILES string of the molecule is CCOC(=O)C1(N2CCCNCC2)CCCN(C)CC1. The molecule has 0 radical (unpaired) electrons. The van der Waals surface area contributed by atoms with Crippen molar-refractivity contribution in [2.75, 3.05) is 52.9 Å². The summed E-state index contributed by atoms with van der Waals surface area (Å²) in [6.45, 7) is 8.39. The van der Waals surface area contributed by atoms with Crippen molar-refractivity contribution in [3.05, 3.63) is 0 Å². The van der Waals surface area contributed by atoms with E-state index in [1.807, 2.05) is 6.92 Å². The predicted octanol–water partition coefficient (Wildman–Crippen LogP) is 0.699. The number of carbonyl (C=O) groups is 1. The lowest BCUT2D eigenvalue weighted by Gasteiger charge is -2.40. The number of rotatable bonds is 3. The van der Waals surface area contributed by atoms with E-state index in [-0.39, 0.29) is 5.97 Å². The van der Waals surface area contributed by atoms with Crippen LogP contribution in [-0.2, 0) is 9.53 Å². The van der Waals surface area contributed by atoms with E-state index in [4.69, 9.17) is 4.74 Å². The third kappa shape index (κ3) is 3.51. The minimum atomic E-state index is -0.396. The zero-order valence-electron chi connectivity index (χ0n) is 13.0. The lowest BCUT2D eigenvalue weighted by atomic mass is 9.88.